The second kappa shape index (κ2) is 6.96. The Morgan fingerprint density at radius 1 is 1.50 bits per heavy atom. The van der Waals surface area contributed by atoms with Crippen LogP contribution in [-0.4, -0.2) is 25.1 Å². The fourth-order valence-electron chi connectivity index (χ4n) is 1.93. The monoisotopic (exact) mass is 252 g/mol. The molecule has 0 heterocycles. The second-order valence-corrected chi connectivity index (χ2v) is 4.20. The predicted molar refractivity (Wildman–Crippen MR) is 71.1 cm³/mol. The summed E-state index contributed by atoms with van der Waals surface area (Å²) in [6.45, 7) is 2.12. The highest BCUT2D eigenvalue weighted by Crippen LogP contribution is 2.28. The van der Waals surface area contributed by atoms with E-state index >= 15 is 0 Å². The number of nitro groups is 1. The number of benzene rings is 1. The molecule has 1 atom stereocenters. The molecule has 18 heavy (non-hydrogen) atoms. The van der Waals surface area contributed by atoms with Gasteiger partial charge in [0.05, 0.1) is 12.0 Å². The summed E-state index contributed by atoms with van der Waals surface area (Å²) in [7, 11) is 3.38. The zero-order valence-corrected chi connectivity index (χ0v) is 11.1. The molecule has 0 radical (unpaired) electrons. The Labute approximate surface area is 107 Å². The highest BCUT2D eigenvalue weighted by Gasteiger charge is 2.15. The van der Waals surface area contributed by atoms with Crippen LogP contribution in [0.3, 0.4) is 0 Å². The summed E-state index contributed by atoms with van der Waals surface area (Å²) in [6, 6.07) is 5.59. The maximum absolute atomic E-state index is 10.9. The molecule has 5 heteroatoms. The van der Waals surface area contributed by atoms with Crippen LogP contribution in [-0.2, 0) is 6.42 Å². The van der Waals surface area contributed by atoms with Gasteiger partial charge in [-0.05, 0) is 37.9 Å². The van der Waals surface area contributed by atoms with E-state index in [-0.39, 0.29) is 5.69 Å². The van der Waals surface area contributed by atoms with Crippen LogP contribution in [0.25, 0.3) is 0 Å². The number of hydrogen-bond acceptors (Lipinski definition) is 4. The summed E-state index contributed by atoms with van der Waals surface area (Å²) < 4.78 is 4.98. The smallest absolute Gasteiger partial charge is 0.311 e. The van der Waals surface area contributed by atoms with Gasteiger partial charge in [-0.25, -0.2) is 0 Å². The third-order valence-corrected chi connectivity index (χ3v) is 3.12. The first kappa shape index (κ1) is 14.4. The maximum Gasteiger partial charge on any atom is 0.311 e. The van der Waals surface area contributed by atoms with E-state index in [4.69, 9.17) is 4.74 Å². The molecule has 0 fully saturated rings. The normalized spacial score (nSPS) is 12.2. The standard InChI is InChI=1S/C13H20N2O3/c1-4-11(14-2)7-5-10-6-8-13(18-3)12(9-10)15(16)17/h6,8-9,11,14H,4-5,7H2,1-3H3. The molecule has 0 saturated carbocycles. The summed E-state index contributed by atoms with van der Waals surface area (Å²) in [5.41, 5.74) is 1.00. The number of hydrogen-bond donors (Lipinski definition) is 1. The van der Waals surface area contributed by atoms with Crippen LogP contribution in [0.2, 0.25) is 0 Å². The molecule has 0 saturated heterocycles. The van der Waals surface area contributed by atoms with Gasteiger partial charge in [0.15, 0.2) is 5.75 Å². The maximum atomic E-state index is 10.9. The number of ether oxygens (including phenoxy) is 1. The van der Waals surface area contributed by atoms with Crippen molar-refractivity contribution in [1.29, 1.82) is 0 Å². The van der Waals surface area contributed by atoms with Crippen molar-refractivity contribution in [1.82, 2.24) is 5.32 Å². The first-order chi connectivity index (χ1) is 8.62. The fraction of sp³-hybridized carbons (Fsp3) is 0.538. The van der Waals surface area contributed by atoms with Gasteiger partial charge in [-0.1, -0.05) is 13.0 Å². The minimum Gasteiger partial charge on any atom is -0.490 e. The Morgan fingerprint density at radius 2 is 2.22 bits per heavy atom. The summed E-state index contributed by atoms with van der Waals surface area (Å²) in [6.07, 6.45) is 2.84. The number of aryl methyl sites for hydroxylation is 1. The molecule has 0 spiro atoms. The number of methoxy groups -OCH3 is 1. The molecular formula is C13H20N2O3. The van der Waals surface area contributed by atoms with Gasteiger partial charge in [-0.2, -0.15) is 0 Å². The van der Waals surface area contributed by atoms with E-state index in [0.29, 0.717) is 11.8 Å². The lowest BCUT2D eigenvalue weighted by Gasteiger charge is -2.13. The summed E-state index contributed by atoms with van der Waals surface area (Å²) in [5, 5.41) is 14.1. The molecular weight excluding hydrogens is 232 g/mol. The van der Waals surface area contributed by atoms with Crippen LogP contribution in [0.4, 0.5) is 5.69 Å². The number of nitro benzene ring substituents is 1. The summed E-state index contributed by atoms with van der Waals surface area (Å²) in [4.78, 5) is 10.5. The second-order valence-electron chi connectivity index (χ2n) is 4.20. The van der Waals surface area contributed by atoms with Crippen molar-refractivity contribution in [3.63, 3.8) is 0 Å². The Balaban J connectivity index is 2.79. The van der Waals surface area contributed by atoms with Crippen LogP contribution in [0.15, 0.2) is 18.2 Å². The molecule has 1 unspecified atom stereocenters. The minimum atomic E-state index is -0.405. The van der Waals surface area contributed by atoms with Crippen molar-refractivity contribution in [3.8, 4) is 5.75 Å². The summed E-state index contributed by atoms with van der Waals surface area (Å²) >= 11 is 0. The fourth-order valence-corrected chi connectivity index (χ4v) is 1.93. The zero-order chi connectivity index (χ0) is 13.5. The Morgan fingerprint density at radius 3 is 2.72 bits per heavy atom. The first-order valence-corrected chi connectivity index (χ1v) is 6.10. The van der Waals surface area contributed by atoms with Gasteiger partial charge in [0.2, 0.25) is 0 Å². The topological polar surface area (TPSA) is 64.4 Å². The van der Waals surface area contributed by atoms with Gasteiger partial charge < -0.3 is 10.1 Å². The van der Waals surface area contributed by atoms with Crippen molar-refractivity contribution < 1.29 is 9.66 Å². The van der Waals surface area contributed by atoms with Crippen molar-refractivity contribution >= 4 is 5.69 Å². The number of nitrogens with one attached hydrogen (secondary N) is 1. The van der Waals surface area contributed by atoms with E-state index < -0.39 is 4.92 Å². The van der Waals surface area contributed by atoms with Gasteiger partial charge in [0, 0.05) is 12.1 Å². The Kier molecular flexibility index (Phi) is 5.58. The number of rotatable bonds is 7. The lowest BCUT2D eigenvalue weighted by Crippen LogP contribution is -2.24. The van der Waals surface area contributed by atoms with Gasteiger partial charge in [-0.15, -0.1) is 0 Å². The van der Waals surface area contributed by atoms with Crippen LogP contribution < -0.4 is 10.1 Å². The lowest BCUT2D eigenvalue weighted by molar-refractivity contribution is -0.385. The van der Waals surface area contributed by atoms with E-state index in [2.05, 4.69) is 12.2 Å². The SMILES string of the molecule is CCC(CCc1ccc(OC)c([N+](=O)[O-])c1)NC. The molecule has 0 aliphatic rings. The molecule has 1 aromatic carbocycles. The van der Waals surface area contributed by atoms with Gasteiger partial charge in [-0.3, -0.25) is 10.1 Å². The molecule has 5 nitrogen and oxygen atoms in total. The van der Waals surface area contributed by atoms with Crippen molar-refractivity contribution in [2.45, 2.75) is 32.2 Å². The zero-order valence-electron chi connectivity index (χ0n) is 11.1. The van der Waals surface area contributed by atoms with Gasteiger partial charge in [0.1, 0.15) is 0 Å². The van der Waals surface area contributed by atoms with Crippen molar-refractivity contribution in [2.75, 3.05) is 14.2 Å². The minimum absolute atomic E-state index is 0.0347. The largest absolute Gasteiger partial charge is 0.490 e. The van der Waals surface area contributed by atoms with Crippen LogP contribution in [0.1, 0.15) is 25.3 Å². The third-order valence-electron chi connectivity index (χ3n) is 3.12. The van der Waals surface area contributed by atoms with E-state index in [9.17, 15) is 10.1 Å². The summed E-state index contributed by atoms with van der Waals surface area (Å²) in [5.74, 6) is 0.310. The highest BCUT2D eigenvalue weighted by molar-refractivity contribution is 5.48. The van der Waals surface area contributed by atoms with Crippen LogP contribution >= 0.6 is 0 Å². The molecule has 0 aromatic heterocycles. The highest BCUT2D eigenvalue weighted by atomic mass is 16.6. The van der Waals surface area contributed by atoms with E-state index in [1.807, 2.05) is 13.1 Å². The molecule has 100 valence electrons. The van der Waals surface area contributed by atoms with Gasteiger partial charge >= 0.3 is 5.69 Å². The molecule has 0 aliphatic carbocycles. The average Bonchev–Trinajstić information content (AvgIpc) is 2.39. The van der Waals surface area contributed by atoms with Gasteiger partial charge in [0.25, 0.3) is 0 Å². The lowest BCUT2D eigenvalue weighted by atomic mass is 10.0. The Hall–Kier alpha value is -1.62. The van der Waals surface area contributed by atoms with E-state index in [1.165, 1.54) is 7.11 Å². The molecule has 0 bridgehead atoms. The molecule has 0 aliphatic heterocycles. The quantitative estimate of drug-likeness (QED) is 0.598. The third kappa shape index (κ3) is 3.70. The van der Waals surface area contributed by atoms with Crippen LogP contribution in [0, 0.1) is 10.1 Å². The molecule has 1 aromatic rings. The average molecular weight is 252 g/mol. The van der Waals surface area contributed by atoms with Crippen molar-refractivity contribution in [3.05, 3.63) is 33.9 Å². The Bertz CT molecular complexity index is 403. The van der Waals surface area contributed by atoms with Crippen molar-refractivity contribution in [2.24, 2.45) is 0 Å². The molecule has 1 rings (SSSR count). The van der Waals surface area contributed by atoms with Crippen LogP contribution in [0.5, 0.6) is 5.75 Å². The predicted octanol–water partition coefficient (Wildman–Crippen LogP) is 2.53. The van der Waals surface area contributed by atoms with E-state index in [0.717, 1.165) is 24.8 Å². The van der Waals surface area contributed by atoms with E-state index in [1.54, 1.807) is 12.1 Å². The first-order valence-electron chi connectivity index (χ1n) is 6.10. The molecule has 1 N–H and O–H groups in total. The number of nitrogens with zero attached hydrogens (tertiary/aromatic N) is 1. The molecule has 0 amide bonds.